The van der Waals surface area contributed by atoms with E-state index in [-0.39, 0.29) is 0 Å². The molecule has 2 aromatic heterocycles. The smallest absolute Gasteiger partial charge is 0.247 e. The number of para-hydroxylation sites is 1. The zero-order valence-corrected chi connectivity index (χ0v) is 10.4. The fraction of sp³-hybridized carbons (Fsp3) is 0.0667. The van der Waals surface area contributed by atoms with Crippen LogP contribution in [0.25, 0.3) is 33.3 Å². The van der Waals surface area contributed by atoms with Crippen molar-refractivity contribution in [3.63, 3.8) is 0 Å². The molecule has 0 radical (unpaired) electrons. The van der Waals surface area contributed by atoms with E-state index in [9.17, 15) is 0 Å². The summed E-state index contributed by atoms with van der Waals surface area (Å²) in [5.74, 6) is 0.551. The third-order valence-corrected chi connectivity index (χ3v) is 3.52. The zero-order valence-electron chi connectivity index (χ0n) is 10.4. The molecule has 0 aliphatic rings. The van der Waals surface area contributed by atoms with Gasteiger partial charge in [0.25, 0.3) is 0 Å². The lowest BCUT2D eigenvalue weighted by molar-refractivity contribution is 0.569. The molecule has 4 aromatic rings. The van der Waals surface area contributed by atoms with Gasteiger partial charge in [0, 0.05) is 34.4 Å². The second kappa shape index (κ2) is 3.68. The van der Waals surface area contributed by atoms with Crippen molar-refractivity contribution in [2.24, 2.45) is 7.05 Å². The van der Waals surface area contributed by atoms with E-state index in [0.717, 1.165) is 5.56 Å². The monoisotopic (exact) mass is 249 g/mol. The van der Waals surface area contributed by atoms with Crippen molar-refractivity contribution in [2.75, 3.05) is 0 Å². The Balaban J connectivity index is 2.11. The fourth-order valence-corrected chi connectivity index (χ4v) is 2.60. The summed E-state index contributed by atoms with van der Waals surface area (Å²) < 4.78 is 7.45. The topological polar surface area (TPSA) is 43.9 Å². The summed E-state index contributed by atoms with van der Waals surface area (Å²) in [6, 6.07) is 14.6. The van der Waals surface area contributed by atoms with E-state index in [4.69, 9.17) is 4.42 Å². The number of benzene rings is 2. The first-order valence-corrected chi connectivity index (χ1v) is 6.08. The maximum absolute atomic E-state index is 5.26. The molecule has 0 saturated heterocycles. The van der Waals surface area contributed by atoms with Gasteiger partial charge in [-0.15, -0.1) is 10.2 Å². The van der Waals surface area contributed by atoms with Crippen molar-refractivity contribution in [3.05, 3.63) is 48.9 Å². The summed E-state index contributed by atoms with van der Waals surface area (Å²) in [6.07, 6.45) is 1.35. The van der Waals surface area contributed by atoms with E-state index in [2.05, 4.69) is 58.2 Å². The first kappa shape index (κ1) is 10.3. The minimum atomic E-state index is 0.551. The van der Waals surface area contributed by atoms with E-state index in [1.807, 2.05) is 6.07 Å². The molecule has 0 bridgehead atoms. The molecule has 92 valence electrons. The molecular weight excluding hydrogens is 238 g/mol. The molecule has 4 nitrogen and oxygen atoms in total. The van der Waals surface area contributed by atoms with Gasteiger partial charge in [-0.05, 0) is 24.3 Å². The molecule has 0 spiro atoms. The molecule has 2 aromatic carbocycles. The van der Waals surface area contributed by atoms with Gasteiger partial charge in [0.1, 0.15) is 0 Å². The quantitative estimate of drug-likeness (QED) is 0.519. The van der Waals surface area contributed by atoms with Gasteiger partial charge in [0.15, 0.2) is 0 Å². The second-order valence-corrected chi connectivity index (χ2v) is 4.55. The standard InChI is InChI=1S/C15H11N3O/c1-18-13-5-3-2-4-11(13)12-8-10(6-7-14(12)18)15-17-16-9-19-15/h2-9H,1H3. The Labute approximate surface area is 109 Å². The predicted molar refractivity (Wildman–Crippen MR) is 73.7 cm³/mol. The average molecular weight is 249 g/mol. The molecule has 2 heterocycles. The van der Waals surface area contributed by atoms with Gasteiger partial charge in [-0.2, -0.15) is 0 Å². The predicted octanol–water partition coefficient (Wildman–Crippen LogP) is 3.38. The zero-order chi connectivity index (χ0) is 12.8. The molecule has 0 aliphatic carbocycles. The van der Waals surface area contributed by atoms with Gasteiger partial charge in [-0.25, -0.2) is 0 Å². The van der Waals surface area contributed by atoms with Crippen LogP contribution < -0.4 is 0 Å². The lowest BCUT2D eigenvalue weighted by atomic mass is 10.1. The number of rotatable bonds is 1. The molecule has 0 unspecified atom stereocenters. The number of hydrogen-bond donors (Lipinski definition) is 0. The van der Waals surface area contributed by atoms with Gasteiger partial charge in [0.05, 0.1) is 0 Å². The molecule has 4 rings (SSSR count). The summed E-state index contributed by atoms with van der Waals surface area (Å²) in [5.41, 5.74) is 3.37. The van der Waals surface area contributed by atoms with Crippen molar-refractivity contribution in [2.45, 2.75) is 0 Å². The van der Waals surface area contributed by atoms with Gasteiger partial charge in [-0.1, -0.05) is 18.2 Å². The lowest BCUT2D eigenvalue weighted by Gasteiger charge is -1.98. The normalized spacial score (nSPS) is 11.4. The molecular formula is C15H11N3O. The van der Waals surface area contributed by atoms with Crippen molar-refractivity contribution < 1.29 is 4.42 Å². The summed E-state index contributed by atoms with van der Waals surface area (Å²) >= 11 is 0. The van der Waals surface area contributed by atoms with Crippen molar-refractivity contribution in [1.29, 1.82) is 0 Å². The van der Waals surface area contributed by atoms with E-state index in [1.54, 1.807) is 0 Å². The van der Waals surface area contributed by atoms with Gasteiger partial charge in [-0.3, -0.25) is 0 Å². The van der Waals surface area contributed by atoms with Crippen LogP contribution in [0.1, 0.15) is 0 Å². The number of fused-ring (bicyclic) bond motifs is 3. The molecule has 4 heteroatoms. The number of aryl methyl sites for hydroxylation is 1. The molecule has 0 amide bonds. The van der Waals surface area contributed by atoms with Crippen LogP contribution in [0.2, 0.25) is 0 Å². The van der Waals surface area contributed by atoms with Crippen LogP contribution in [0.5, 0.6) is 0 Å². The van der Waals surface area contributed by atoms with Crippen LogP contribution >= 0.6 is 0 Å². The Morgan fingerprint density at radius 3 is 2.68 bits per heavy atom. The van der Waals surface area contributed by atoms with Crippen LogP contribution in [0.15, 0.2) is 53.3 Å². The van der Waals surface area contributed by atoms with Crippen LogP contribution in [0, 0.1) is 0 Å². The average Bonchev–Trinajstić information content (AvgIpc) is 3.08. The molecule has 0 atom stereocenters. The summed E-state index contributed by atoms with van der Waals surface area (Å²) in [4.78, 5) is 0. The molecule has 0 aliphatic heterocycles. The molecule has 19 heavy (non-hydrogen) atoms. The van der Waals surface area contributed by atoms with E-state index < -0.39 is 0 Å². The Kier molecular flexibility index (Phi) is 2.00. The Hall–Kier alpha value is -2.62. The first-order valence-electron chi connectivity index (χ1n) is 6.08. The van der Waals surface area contributed by atoms with E-state index >= 15 is 0 Å². The second-order valence-electron chi connectivity index (χ2n) is 4.55. The maximum atomic E-state index is 5.26. The van der Waals surface area contributed by atoms with E-state index in [0.29, 0.717) is 5.89 Å². The van der Waals surface area contributed by atoms with Crippen LogP contribution in [0.4, 0.5) is 0 Å². The summed E-state index contributed by atoms with van der Waals surface area (Å²) in [6.45, 7) is 0. The molecule has 0 N–H and O–H groups in total. The van der Waals surface area contributed by atoms with Crippen LogP contribution in [-0.2, 0) is 7.05 Å². The fourth-order valence-electron chi connectivity index (χ4n) is 2.60. The molecule has 0 saturated carbocycles. The SMILES string of the molecule is Cn1c2ccccc2c2cc(-c3nnco3)ccc21. The highest BCUT2D eigenvalue weighted by atomic mass is 16.4. The van der Waals surface area contributed by atoms with Crippen molar-refractivity contribution >= 4 is 21.8 Å². The molecule has 0 fully saturated rings. The summed E-state index contributed by atoms with van der Waals surface area (Å²) in [7, 11) is 2.08. The third-order valence-electron chi connectivity index (χ3n) is 3.52. The highest BCUT2D eigenvalue weighted by molar-refractivity contribution is 6.09. The maximum Gasteiger partial charge on any atom is 0.247 e. The van der Waals surface area contributed by atoms with Gasteiger partial charge in [0.2, 0.25) is 12.3 Å². The van der Waals surface area contributed by atoms with Gasteiger partial charge < -0.3 is 8.98 Å². The van der Waals surface area contributed by atoms with Crippen molar-refractivity contribution in [3.8, 4) is 11.5 Å². The Morgan fingerprint density at radius 2 is 1.84 bits per heavy atom. The highest BCUT2D eigenvalue weighted by Gasteiger charge is 2.10. The van der Waals surface area contributed by atoms with E-state index in [1.165, 1.54) is 28.2 Å². The van der Waals surface area contributed by atoms with Crippen LogP contribution in [-0.4, -0.2) is 14.8 Å². The van der Waals surface area contributed by atoms with Crippen molar-refractivity contribution in [1.82, 2.24) is 14.8 Å². The Morgan fingerprint density at radius 1 is 1.00 bits per heavy atom. The number of nitrogens with zero attached hydrogens (tertiary/aromatic N) is 3. The Bertz CT molecular complexity index is 875. The first-order chi connectivity index (χ1) is 9.34. The minimum absolute atomic E-state index is 0.551. The summed E-state index contributed by atoms with van der Waals surface area (Å²) in [5, 5.41) is 10.1. The minimum Gasteiger partial charge on any atom is -0.423 e. The van der Waals surface area contributed by atoms with Gasteiger partial charge >= 0.3 is 0 Å². The highest BCUT2D eigenvalue weighted by Crippen LogP contribution is 2.31. The largest absolute Gasteiger partial charge is 0.423 e. The lowest BCUT2D eigenvalue weighted by Crippen LogP contribution is -1.86. The van der Waals surface area contributed by atoms with Crippen LogP contribution in [0.3, 0.4) is 0 Å². The number of aromatic nitrogens is 3. The third kappa shape index (κ3) is 1.40. The number of hydrogen-bond acceptors (Lipinski definition) is 3.